The van der Waals surface area contributed by atoms with E-state index in [0.717, 1.165) is 50.3 Å². The highest BCUT2D eigenvalue weighted by Crippen LogP contribution is 2.33. The summed E-state index contributed by atoms with van der Waals surface area (Å²) >= 11 is 0. The van der Waals surface area contributed by atoms with E-state index in [-0.39, 0.29) is 0 Å². The topological polar surface area (TPSA) is 44.7 Å². The van der Waals surface area contributed by atoms with Gasteiger partial charge in [-0.25, -0.2) is 0 Å². The molecule has 0 saturated carbocycles. The maximum atomic E-state index is 10.1. The van der Waals surface area contributed by atoms with Crippen molar-refractivity contribution in [3.8, 4) is 11.5 Å². The number of rotatable bonds is 4. The fraction of sp³-hybridized carbons (Fsp3) is 0.571. The Kier molecular flexibility index (Phi) is 4.44. The smallest absolute Gasteiger partial charge is 0.163 e. The number of nitrogens with one attached hydrogen (secondary N) is 1. The molecular weight excluding hydrogens is 228 g/mol. The molecule has 0 amide bonds. The van der Waals surface area contributed by atoms with Crippen molar-refractivity contribution in [1.29, 1.82) is 0 Å². The van der Waals surface area contributed by atoms with Gasteiger partial charge in [-0.1, -0.05) is 12.1 Å². The van der Waals surface area contributed by atoms with Crippen LogP contribution in [0.2, 0.25) is 0 Å². The maximum Gasteiger partial charge on any atom is 0.163 e. The molecule has 4 nitrogen and oxygen atoms in total. The molecule has 100 valence electrons. The minimum Gasteiger partial charge on any atom is -0.504 e. The van der Waals surface area contributed by atoms with E-state index in [1.165, 1.54) is 0 Å². The van der Waals surface area contributed by atoms with Crippen LogP contribution in [0.3, 0.4) is 0 Å². The molecule has 0 aromatic heterocycles. The van der Waals surface area contributed by atoms with Crippen LogP contribution in [-0.4, -0.2) is 49.8 Å². The lowest BCUT2D eigenvalue weighted by molar-refractivity contribution is 0.243. The average molecular weight is 250 g/mol. The quantitative estimate of drug-likeness (QED) is 0.841. The predicted molar refractivity (Wildman–Crippen MR) is 72.4 cm³/mol. The van der Waals surface area contributed by atoms with Crippen molar-refractivity contribution in [2.75, 3.05) is 39.8 Å². The molecule has 0 bridgehead atoms. The minimum atomic E-state index is 0.299. The third kappa shape index (κ3) is 2.94. The van der Waals surface area contributed by atoms with Crippen molar-refractivity contribution in [2.24, 2.45) is 0 Å². The molecule has 1 aliphatic heterocycles. The maximum absolute atomic E-state index is 10.1. The van der Waals surface area contributed by atoms with E-state index in [4.69, 9.17) is 4.74 Å². The van der Waals surface area contributed by atoms with Crippen LogP contribution in [-0.2, 0) is 6.42 Å². The van der Waals surface area contributed by atoms with Crippen LogP contribution in [0, 0.1) is 6.92 Å². The summed E-state index contributed by atoms with van der Waals surface area (Å²) < 4.78 is 5.23. The van der Waals surface area contributed by atoms with Gasteiger partial charge in [0.2, 0.25) is 0 Å². The van der Waals surface area contributed by atoms with Gasteiger partial charge >= 0.3 is 0 Å². The fourth-order valence-electron chi connectivity index (χ4n) is 2.39. The number of piperazine rings is 1. The molecule has 0 radical (unpaired) electrons. The number of phenolic OH excluding ortho intramolecular Hbond substituents is 1. The van der Waals surface area contributed by atoms with Gasteiger partial charge < -0.3 is 20.1 Å². The van der Waals surface area contributed by atoms with Crippen molar-refractivity contribution in [3.05, 3.63) is 23.3 Å². The Morgan fingerprint density at radius 1 is 1.33 bits per heavy atom. The van der Waals surface area contributed by atoms with Crippen LogP contribution in [0.25, 0.3) is 0 Å². The predicted octanol–water partition coefficient (Wildman–Crippen LogP) is 1.16. The second kappa shape index (κ2) is 6.07. The lowest BCUT2D eigenvalue weighted by Crippen LogP contribution is -2.44. The summed E-state index contributed by atoms with van der Waals surface area (Å²) in [5.41, 5.74) is 1.94. The van der Waals surface area contributed by atoms with E-state index in [9.17, 15) is 5.11 Å². The first-order chi connectivity index (χ1) is 8.72. The number of benzene rings is 1. The number of methoxy groups -OCH3 is 1. The number of hydrogen-bond donors (Lipinski definition) is 2. The first kappa shape index (κ1) is 13.2. The van der Waals surface area contributed by atoms with Crippen LogP contribution in [0.1, 0.15) is 11.1 Å². The zero-order valence-corrected chi connectivity index (χ0v) is 11.2. The van der Waals surface area contributed by atoms with Crippen molar-refractivity contribution in [1.82, 2.24) is 10.2 Å². The Morgan fingerprint density at radius 2 is 2.06 bits per heavy atom. The van der Waals surface area contributed by atoms with E-state index in [0.29, 0.717) is 11.5 Å². The summed E-state index contributed by atoms with van der Waals surface area (Å²) in [7, 11) is 1.60. The van der Waals surface area contributed by atoms with E-state index >= 15 is 0 Å². The monoisotopic (exact) mass is 250 g/mol. The van der Waals surface area contributed by atoms with Gasteiger partial charge in [0.1, 0.15) is 0 Å². The second-order valence-corrected chi connectivity index (χ2v) is 4.77. The first-order valence-electron chi connectivity index (χ1n) is 6.51. The number of phenols is 1. The van der Waals surface area contributed by atoms with Gasteiger partial charge in [0.15, 0.2) is 11.5 Å². The lowest BCUT2D eigenvalue weighted by Gasteiger charge is -2.27. The van der Waals surface area contributed by atoms with E-state index in [1.54, 1.807) is 7.11 Å². The minimum absolute atomic E-state index is 0.299. The van der Waals surface area contributed by atoms with Gasteiger partial charge in [-0.05, 0) is 24.5 Å². The van der Waals surface area contributed by atoms with Crippen molar-refractivity contribution >= 4 is 0 Å². The van der Waals surface area contributed by atoms with Crippen LogP contribution < -0.4 is 10.1 Å². The van der Waals surface area contributed by atoms with Gasteiger partial charge in [0.05, 0.1) is 7.11 Å². The standard InChI is InChI=1S/C14H22N2O2/c1-11-3-4-12(13(17)14(11)18-2)5-8-16-9-6-15-7-10-16/h3-4,15,17H,5-10H2,1-2H3. The highest BCUT2D eigenvalue weighted by atomic mass is 16.5. The summed E-state index contributed by atoms with van der Waals surface area (Å²) in [6.45, 7) is 7.22. The Hall–Kier alpha value is -1.26. The number of hydrogen-bond acceptors (Lipinski definition) is 4. The molecular formula is C14H22N2O2. The summed E-state index contributed by atoms with van der Waals surface area (Å²) in [4.78, 5) is 2.42. The Morgan fingerprint density at radius 3 is 2.72 bits per heavy atom. The zero-order valence-electron chi connectivity index (χ0n) is 11.2. The molecule has 1 heterocycles. The molecule has 0 atom stereocenters. The average Bonchev–Trinajstić information content (AvgIpc) is 2.40. The molecule has 1 aromatic carbocycles. The van der Waals surface area contributed by atoms with Crippen LogP contribution >= 0.6 is 0 Å². The fourth-order valence-corrected chi connectivity index (χ4v) is 2.39. The van der Waals surface area contributed by atoms with E-state index in [1.807, 2.05) is 19.1 Å². The summed E-state index contributed by atoms with van der Waals surface area (Å²) in [6, 6.07) is 4.00. The summed E-state index contributed by atoms with van der Waals surface area (Å²) in [5.74, 6) is 0.903. The third-order valence-electron chi connectivity index (χ3n) is 3.52. The molecule has 0 spiro atoms. The van der Waals surface area contributed by atoms with Crippen molar-refractivity contribution < 1.29 is 9.84 Å². The van der Waals surface area contributed by atoms with E-state index < -0.39 is 0 Å². The van der Waals surface area contributed by atoms with Gasteiger partial charge in [0, 0.05) is 32.7 Å². The molecule has 1 aromatic rings. The van der Waals surface area contributed by atoms with Gasteiger partial charge in [-0.3, -0.25) is 0 Å². The van der Waals surface area contributed by atoms with Gasteiger partial charge in [-0.15, -0.1) is 0 Å². The molecule has 2 N–H and O–H groups in total. The van der Waals surface area contributed by atoms with Crippen molar-refractivity contribution in [3.63, 3.8) is 0 Å². The summed E-state index contributed by atoms with van der Waals surface area (Å²) in [6.07, 6.45) is 0.864. The molecule has 0 aliphatic carbocycles. The molecule has 4 heteroatoms. The van der Waals surface area contributed by atoms with Crippen molar-refractivity contribution in [2.45, 2.75) is 13.3 Å². The molecule has 1 fully saturated rings. The Balaban J connectivity index is 2.00. The van der Waals surface area contributed by atoms with Crippen LogP contribution in [0.15, 0.2) is 12.1 Å². The molecule has 18 heavy (non-hydrogen) atoms. The first-order valence-corrected chi connectivity index (χ1v) is 6.51. The van der Waals surface area contributed by atoms with Gasteiger partial charge in [0.25, 0.3) is 0 Å². The van der Waals surface area contributed by atoms with Crippen LogP contribution in [0.4, 0.5) is 0 Å². The SMILES string of the molecule is COc1c(C)ccc(CCN2CCNCC2)c1O. The molecule has 1 aliphatic rings. The second-order valence-electron chi connectivity index (χ2n) is 4.77. The molecule has 2 rings (SSSR count). The summed E-state index contributed by atoms with van der Waals surface area (Å²) in [5, 5.41) is 13.5. The van der Waals surface area contributed by atoms with Crippen LogP contribution in [0.5, 0.6) is 11.5 Å². The Bertz CT molecular complexity index is 401. The number of aryl methyl sites for hydroxylation is 1. The Labute approximate surface area is 109 Å². The lowest BCUT2D eigenvalue weighted by atomic mass is 10.1. The largest absolute Gasteiger partial charge is 0.504 e. The molecule has 1 saturated heterocycles. The number of ether oxygens (including phenoxy) is 1. The third-order valence-corrected chi connectivity index (χ3v) is 3.52. The number of aromatic hydroxyl groups is 1. The highest BCUT2D eigenvalue weighted by Gasteiger charge is 2.13. The van der Waals surface area contributed by atoms with Gasteiger partial charge in [-0.2, -0.15) is 0 Å². The highest BCUT2D eigenvalue weighted by molar-refractivity contribution is 5.50. The van der Waals surface area contributed by atoms with E-state index in [2.05, 4.69) is 10.2 Å². The normalized spacial score (nSPS) is 16.8. The zero-order chi connectivity index (χ0) is 13.0. The number of nitrogens with zero attached hydrogens (tertiary/aromatic N) is 1. The molecule has 0 unspecified atom stereocenters.